The van der Waals surface area contributed by atoms with E-state index in [9.17, 15) is 24.8 Å². The molecule has 0 saturated carbocycles. The third-order valence-corrected chi connectivity index (χ3v) is 6.23. The number of benzene rings is 1. The molecule has 0 radical (unpaired) electrons. The van der Waals surface area contributed by atoms with E-state index >= 15 is 0 Å². The number of nitrogens with zero attached hydrogens (tertiary/aromatic N) is 2. The van der Waals surface area contributed by atoms with Gasteiger partial charge in [-0.25, -0.2) is 4.79 Å². The standard InChI is InChI=1S/C19H16N2O6S3/c1-29-8-7-14(18(23)24)20-17(22)16(30-19(20)28)10-13-5-6-15(27-13)11-3-2-4-12(9-11)21(25)26/h2-6,9-10,14H,7-8H2,1H3,(H,23,24)/b16-10+/t14-/m0/s1. The summed E-state index contributed by atoms with van der Waals surface area (Å²) in [5.74, 6) is -0.242. The fraction of sp³-hybridized carbons (Fsp3) is 0.211. The van der Waals surface area contributed by atoms with Crippen molar-refractivity contribution in [1.29, 1.82) is 0 Å². The van der Waals surface area contributed by atoms with Gasteiger partial charge in [0.05, 0.1) is 9.83 Å². The Balaban J connectivity index is 1.84. The van der Waals surface area contributed by atoms with Gasteiger partial charge in [-0.05, 0) is 30.6 Å². The van der Waals surface area contributed by atoms with Crippen LogP contribution in [0, 0.1) is 10.1 Å². The maximum atomic E-state index is 12.8. The minimum absolute atomic E-state index is 0.0590. The second-order valence-corrected chi connectivity index (χ2v) is 8.86. The number of amides is 1. The van der Waals surface area contributed by atoms with E-state index in [-0.39, 0.29) is 21.3 Å². The van der Waals surface area contributed by atoms with Crippen LogP contribution in [0.2, 0.25) is 0 Å². The number of hydrogen-bond acceptors (Lipinski definition) is 8. The summed E-state index contributed by atoms with van der Waals surface area (Å²) >= 11 is 7.75. The number of nitro groups is 1. The highest BCUT2D eigenvalue weighted by atomic mass is 32.2. The predicted octanol–water partition coefficient (Wildman–Crippen LogP) is 4.26. The van der Waals surface area contributed by atoms with Gasteiger partial charge in [-0.3, -0.25) is 19.8 Å². The number of hydrogen-bond donors (Lipinski definition) is 1. The number of furan rings is 1. The fourth-order valence-electron chi connectivity index (χ4n) is 2.83. The van der Waals surface area contributed by atoms with E-state index in [2.05, 4.69) is 0 Å². The molecule has 30 heavy (non-hydrogen) atoms. The van der Waals surface area contributed by atoms with Crippen molar-refractivity contribution in [3.8, 4) is 11.3 Å². The van der Waals surface area contributed by atoms with Crippen molar-refractivity contribution >= 4 is 63.7 Å². The van der Waals surface area contributed by atoms with Gasteiger partial charge in [0.2, 0.25) is 0 Å². The van der Waals surface area contributed by atoms with E-state index in [4.69, 9.17) is 16.6 Å². The predicted molar refractivity (Wildman–Crippen MR) is 120 cm³/mol. The Morgan fingerprint density at radius 2 is 2.20 bits per heavy atom. The van der Waals surface area contributed by atoms with Crippen molar-refractivity contribution in [2.24, 2.45) is 0 Å². The molecule has 1 aromatic carbocycles. The molecule has 156 valence electrons. The van der Waals surface area contributed by atoms with Gasteiger partial charge < -0.3 is 9.52 Å². The summed E-state index contributed by atoms with van der Waals surface area (Å²) in [4.78, 5) is 36.3. The molecular formula is C19H16N2O6S3. The van der Waals surface area contributed by atoms with Gasteiger partial charge in [0.1, 0.15) is 21.9 Å². The zero-order chi connectivity index (χ0) is 21.8. The number of nitro benzene ring substituents is 1. The van der Waals surface area contributed by atoms with E-state index in [0.29, 0.717) is 22.8 Å². The first-order valence-corrected chi connectivity index (χ1v) is 11.3. The maximum absolute atomic E-state index is 12.8. The minimum atomic E-state index is -1.10. The number of rotatable bonds is 8. The number of carbonyl (C=O) groups excluding carboxylic acids is 1. The summed E-state index contributed by atoms with van der Waals surface area (Å²) in [5, 5.41) is 20.5. The SMILES string of the molecule is CSCC[C@@H](C(=O)O)N1C(=O)/C(=C\c2ccc(-c3cccc([N+](=O)[O-])c3)o2)SC1=S. The van der Waals surface area contributed by atoms with Gasteiger partial charge in [0.25, 0.3) is 11.6 Å². The molecule has 8 nitrogen and oxygen atoms in total. The largest absolute Gasteiger partial charge is 0.480 e. The number of aliphatic carboxylic acids is 1. The maximum Gasteiger partial charge on any atom is 0.326 e. The summed E-state index contributed by atoms with van der Waals surface area (Å²) < 4.78 is 5.90. The number of carboxylic acid groups (broad SMARTS) is 1. The lowest BCUT2D eigenvalue weighted by Gasteiger charge is -2.22. The van der Waals surface area contributed by atoms with Crippen molar-refractivity contribution < 1.29 is 24.0 Å². The van der Waals surface area contributed by atoms with E-state index < -0.39 is 22.8 Å². The highest BCUT2D eigenvalue weighted by Crippen LogP contribution is 2.36. The van der Waals surface area contributed by atoms with E-state index in [1.807, 2.05) is 6.26 Å². The van der Waals surface area contributed by atoms with Crippen molar-refractivity contribution in [3.05, 3.63) is 57.2 Å². The topological polar surface area (TPSA) is 114 Å². The van der Waals surface area contributed by atoms with Gasteiger partial charge in [-0.15, -0.1) is 0 Å². The highest BCUT2D eigenvalue weighted by Gasteiger charge is 2.40. The van der Waals surface area contributed by atoms with Crippen molar-refractivity contribution in [2.75, 3.05) is 12.0 Å². The quantitative estimate of drug-likeness (QED) is 0.265. The number of carboxylic acids is 1. The summed E-state index contributed by atoms with van der Waals surface area (Å²) in [5.41, 5.74) is 0.468. The van der Waals surface area contributed by atoms with Gasteiger partial charge in [-0.1, -0.05) is 36.1 Å². The van der Waals surface area contributed by atoms with Gasteiger partial charge >= 0.3 is 5.97 Å². The van der Waals surface area contributed by atoms with Crippen molar-refractivity contribution in [1.82, 2.24) is 4.90 Å². The zero-order valence-electron chi connectivity index (χ0n) is 15.6. The molecule has 1 aliphatic rings. The van der Waals surface area contributed by atoms with Crippen LogP contribution in [0.15, 0.2) is 45.7 Å². The van der Waals surface area contributed by atoms with Gasteiger partial charge in [-0.2, -0.15) is 11.8 Å². The Hall–Kier alpha value is -2.63. The lowest BCUT2D eigenvalue weighted by molar-refractivity contribution is -0.384. The molecule has 2 heterocycles. The lowest BCUT2D eigenvalue weighted by atomic mass is 10.1. The zero-order valence-corrected chi connectivity index (χ0v) is 18.1. The molecule has 0 spiro atoms. The Morgan fingerprint density at radius 1 is 1.43 bits per heavy atom. The normalized spacial score (nSPS) is 16.3. The first-order chi connectivity index (χ1) is 14.3. The Labute approximate surface area is 185 Å². The molecule has 1 fully saturated rings. The van der Waals surface area contributed by atoms with Crippen LogP contribution in [0.3, 0.4) is 0 Å². The molecule has 1 N–H and O–H groups in total. The number of thioether (sulfide) groups is 2. The molecule has 11 heteroatoms. The molecule has 1 amide bonds. The number of thiocarbonyl (C=S) groups is 1. The molecule has 1 aliphatic heterocycles. The fourth-order valence-corrected chi connectivity index (χ4v) is 4.62. The number of carbonyl (C=O) groups is 2. The average molecular weight is 465 g/mol. The van der Waals surface area contributed by atoms with Crippen LogP contribution in [0.25, 0.3) is 17.4 Å². The van der Waals surface area contributed by atoms with Crippen LogP contribution in [0.4, 0.5) is 5.69 Å². The second-order valence-electron chi connectivity index (χ2n) is 6.20. The van der Waals surface area contributed by atoms with E-state index in [1.54, 1.807) is 24.3 Å². The number of non-ortho nitro benzene ring substituents is 1. The highest BCUT2D eigenvalue weighted by molar-refractivity contribution is 8.26. The van der Waals surface area contributed by atoms with Crippen molar-refractivity contribution in [2.45, 2.75) is 12.5 Å². The first-order valence-electron chi connectivity index (χ1n) is 8.65. The molecular weight excluding hydrogens is 448 g/mol. The molecule has 1 saturated heterocycles. The van der Waals surface area contributed by atoms with Crippen LogP contribution >= 0.6 is 35.7 Å². The summed E-state index contributed by atoms with van der Waals surface area (Å²) in [6, 6.07) is 8.26. The molecule has 1 aromatic heterocycles. The minimum Gasteiger partial charge on any atom is -0.480 e. The summed E-state index contributed by atoms with van der Waals surface area (Å²) in [7, 11) is 0. The molecule has 0 aliphatic carbocycles. The molecule has 0 bridgehead atoms. The van der Waals surface area contributed by atoms with Crippen LogP contribution in [-0.2, 0) is 9.59 Å². The lowest BCUT2D eigenvalue weighted by Crippen LogP contribution is -2.44. The molecule has 0 unspecified atom stereocenters. The second kappa shape index (κ2) is 9.45. The Morgan fingerprint density at radius 3 is 2.87 bits per heavy atom. The van der Waals surface area contributed by atoms with Gasteiger partial charge in [0, 0.05) is 23.8 Å². The van der Waals surface area contributed by atoms with Crippen LogP contribution in [0.5, 0.6) is 0 Å². The van der Waals surface area contributed by atoms with E-state index in [0.717, 1.165) is 16.7 Å². The van der Waals surface area contributed by atoms with Crippen LogP contribution in [-0.4, -0.2) is 49.2 Å². The molecule has 1 atom stereocenters. The van der Waals surface area contributed by atoms with Gasteiger partial charge in [0.15, 0.2) is 0 Å². The third-order valence-electron chi connectivity index (χ3n) is 4.26. The Kier molecular flexibility index (Phi) is 6.95. The summed E-state index contributed by atoms with van der Waals surface area (Å²) in [6.45, 7) is 0. The average Bonchev–Trinajstić information content (AvgIpc) is 3.28. The molecule has 2 aromatic rings. The Bertz CT molecular complexity index is 1050. The first kappa shape index (κ1) is 22.1. The van der Waals surface area contributed by atoms with Crippen LogP contribution < -0.4 is 0 Å². The summed E-state index contributed by atoms with van der Waals surface area (Å²) in [6.07, 6.45) is 3.64. The third kappa shape index (κ3) is 4.74. The monoisotopic (exact) mass is 464 g/mol. The van der Waals surface area contributed by atoms with E-state index in [1.165, 1.54) is 30.0 Å². The molecule has 3 rings (SSSR count). The van der Waals surface area contributed by atoms with Crippen LogP contribution in [0.1, 0.15) is 12.2 Å². The smallest absolute Gasteiger partial charge is 0.326 e. The van der Waals surface area contributed by atoms with Crippen molar-refractivity contribution in [3.63, 3.8) is 0 Å².